The maximum absolute atomic E-state index is 13.0. The van der Waals surface area contributed by atoms with Gasteiger partial charge in [-0.3, -0.25) is 4.79 Å². The second-order valence-corrected chi connectivity index (χ2v) is 11.0. The van der Waals surface area contributed by atoms with Crippen LogP contribution in [0.3, 0.4) is 0 Å². The summed E-state index contributed by atoms with van der Waals surface area (Å²) in [4.78, 5) is 24.5. The zero-order valence-electron chi connectivity index (χ0n) is 18.5. The van der Waals surface area contributed by atoms with Gasteiger partial charge in [-0.25, -0.2) is 9.97 Å². The fourth-order valence-electron chi connectivity index (χ4n) is 7.56. The highest BCUT2D eigenvalue weighted by atomic mass is 16.3. The molecule has 1 aromatic carbocycles. The number of hydrogen-bond donors (Lipinski definition) is 2. The number of aromatic nitrogens is 2. The summed E-state index contributed by atoms with van der Waals surface area (Å²) in [5.74, 6) is 2.11. The molecule has 5 fully saturated rings. The molecule has 1 saturated heterocycles. The molecule has 4 bridgehead atoms. The molecule has 32 heavy (non-hydrogen) atoms. The Bertz CT molecular complexity index is 996. The smallest absolute Gasteiger partial charge is 0.225 e. The lowest BCUT2D eigenvalue weighted by atomic mass is 9.47. The van der Waals surface area contributed by atoms with E-state index >= 15 is 0 Å². The zero-order chi connectivity index (χ0) is 21.8. The standard InChI is InChI=1S/C26H32N4O2/c31-23(15-25-11-18-10-19(12-25)14-26(32,13-18)17-25)28-21-7-9-30(16-21)24-27-8-6-22(29-24)20-4-2-1-3-5-20/h1-6,8,18-19,21,32H,7,9-17H2,(H,28,31). The van der Waals surface area contributed by atoms with Crippen LogP contribution in [0.5, 0.6) is 0 Å². The van der Waals surface area contributed by atoms with Crippen molar-refractivity contribution in [3.63, 3.8) is 0 Å². The fourth-order valence-corrected chi connectivity index (χ4v) is 7.56. The Kier molecular flexibility index (Phi) is 4.75. The average molecular weight is 433 g/mol. The molecule has 1 amide bonds. The van der Waals surface area contributed by atoms with Gasteiger partial charge in [-0.2, -0.15) is 0 Å². The molecule has 1 aliphatic heterocycles. The molecule has 4 aliphatic carbocycles. The van der Waals surface area contributed by atoms with Crippen molar-refractivity contribution in [1.29, 1.82) is 0 Å². The Morgan fingerprint density at radius 3 is 2.66 bits per heavy atom. The maximum Gasteiger partial charge on any atom is 0.225 e. The Morgan fingerprint density at radius 1 is 1.12 bits per heavy atom. The minimum atomic E-state index is -0.504. The summed E-state index contributed by atoms with van der Waals surface area (Å²) < 4.78 is 0. The van der Waals surface area contributed by atoms with Gasteiger partial charge in [-0.05, 0) is 68.3 Å². The minimum absolute atomic E-state index is 0.0222. The van der Waals surface area contributed by atoms with Gasteiger partial charge in [0.25, 0.3) is 0 Å². The third-order valence-corrected chi connectivity index (χ3v) is 8.24. The van der Waals surface area contributed by atoms with E-state index in [9.17, 15) is 9.90 Å². The highest BCUT2D eigenvalue weighted by Gasteiger charge is 2.57. The van der Waals surface area contributed by atoms with Crippen molar-refractivity contribution in [2.24, 2.45) is 17.3 Å². The first-order valence-electron chi connectivity index (χ1n) is 12.1. The number of hydrogen-bond acceptors (Lipinski definition) is 5. The molecule has 2 heterocycles. The number of nitrogens with one attached hydrogen (secondary N) is 1. The highest BCUT2D eigenvalue weighted by molar-refractivity contribution is 5.77. The molecular formula is C26H32N4O2. The SMILES string of the molecule is O=C(CC12CC3CC(CC(O)(C3)C1)C2)NC1CCN(c2nccc(-c3ccccc3)n2)C1. The molecule has 2 N–H and O–H groups in total. The number of aliphatic hydroxyl groups is 1. The molecule has 6 nitrogen and oxygen atoms in total. The van der Waals surface area contributed by atoms with E-state index < -0.39 is 5.60 Å². The molecule has 1 aromatic heterocycles. The van der Waals surface area contributed by atoms with Crippen molar-refractivity contribution in [2.45, 2.75) is 63.0 Å². The van der Waals surface area contributed by atoms with Crippen LogP contribution < -0.4 is 10.2 Å². The van der Waals surface area contributed by atoms with E-state index in [1.807, 2.05) is 30.5 Å². The largest absolute Gasteiger partial charge is 0.390 e. The zero-order valence-corrected chi connectivity index (χ0v) is 18.5. The summed E-state index contributed by atoms with van der Waals surface area (Å²) in [5.41, 5.74) is 1.52. The van der Waals surface area contributed by atoms with Gasteiger partial charge in [-0.15, -0.1) is 0 Å². The number of nitrogens with zero attached hydrogens (tertiary/aromatic N) is 3. The first kappa shape index (κ1) is 20.2. The van der Waals surface area contributed by atoms with Gasteiger partial charge in [0.15, 0.2) is 0 Å². The minimum Gasteiger partial charge on any atom is -0.390 e. The van der Waals surface area contributed by atoms with Gasteiger partial charge in [0.05, 0.1) is 11.3 Å². The van der Waals surface area contributed by atoms with Gasteiger partial charge < -0.3 is 15.3 Å². The molecule has 7 rings (SSSR count). The summed E-state index contributed by atoms with van der Waals surface area (Å²) in [6.07, 6.45) is 9.51. The van der Waals surface area contributed by atoms with E-state index in [1.54, 1.807) is 0 Å². The predicted octanol–water partition coefficient (Wildman–Crippen LogP) is 3.56. The molecule has 0 radical (unpaired) electrons. The highest BCUT2D eigenvalue weighted by Crippen LogP contribution is 2.62. The summed E-state index contributed by atoms with van der Waals surface area (Å²) in [5, 5.41) is 14.3. The van der Waals surface area contributed by atoms with Gasteiger partial charge in [-0.1, -0.05) is 30.3 Å². The van der Waals surface area contributed by atoms with Gasteiger partial charge >= 0.3 is 0 Å². The van der Waals surface area contributed by atoms with E-state index in [0.29, 0.717) is 18.3 Å². The fraction of sp³-hybridized carbons (Fsp3) is 0.577. The van der Waals surface area contributed by atoms with Crippen LogP contribution in [0.15, 0.2) is 42.6 Å². The number of amides is 1. The van der Waals surface area contributed by atoms with Crippen LogP contribution in [0.1, 0.15) is 51.4 Å². The number of carbonyl (C=O) groups is 1. The van der Waals surface area contributed by atoms with E-state index in [2.05, 4.69) is 27.3 Å². The molecule has 2 aromatic rings. The number of anilines is 1. The van der Waals surface area contributed by atoms with Crippen LogP contribution in [0.4, 0.5) is 5.95 Å². The second kappa shape index (κ2) is 7.55. The van der Waals surface area contributed by atoms with Crippen LogP contribution in [0.25, 0.3) is 11.3 Å². The molecule has 3 atom stereocenters. The normalized spacial score (nSPS) is 35.3. The number of rotatable bonds is 5. The second-order valence-electron chi connectivity index (χ2n) is 11.0. The van der Waals surface area contributed by atoms with E-state index in [4.69, 9.17) is 4.98 Å². The Hall–Kier alpha value is -2.47. The number of benzene rings is 1. The Labute approximate surface area is 189 Å². The maximum atomic E-state index is 13.0. The lowest BCUT2D eigenvalue weighted by Crippen LogP contribution is -2.56. The summed E-state index contributed by atoms with van der Waals surface area (Å²) in [6.45, 7) is 1.59. The Morgan fingerprint density at radius 2 is 1.91 bits per heavy atom. The molecule has 5 aliphatic rings. The van der Waals surface area contributed by atoms with E-state index in [-0.39, 0.29) is 17.4 Å². The molecule has 168 valence electrons. The average Bonchev–Trinajstić information content (AvgIpc) is 3.20. The van der Waals surface area contributed by atoms with Crippen LogP contribution in [-0.2, 0) is 4.79 Å². The molecule has 6 heteroatoms. The lowest BCUT2D eigenvalue weighted by molar-refractivity contribution is -0.169. The van der Waals surface area contributed by atoms with Crippen molar-refractivity contribution in [2.75, 3.05) is 18.0 Å². The topological polar surface area (TPSA) is 78.4 Å². The first-order chi connectivity index (χ1) is 15.5. The van der Waals surface area contributed by atoms with Gasteiger partial charge in [0.2, 0.25) is 11.9 Å². The third-order valence-electron chi connectivity index (χ3n) is 8.24. The summed E-state index contributed by atoms with van der Waals surface area (Å²) >= 11 is 0. The van der Waals surface area contributed by atoms with Crippen molar-refractivity contribution in [3.8, 4) is 11.3 Å². The quantitative estimate of drug-likeness (QED) is 0.755. The monoisotopic (exact) mass is 432 g/mol. The van der Waals surface area contributed by atoms with Crippen molar-refractivity contribution in [1.82, 2.24) is 15.3 Å². The third kappa shape index (κ3) is 3.79. The molecule has 4 saturated carbocycles. The molecule has 3 unspecified atom stereocenters. The molecular weight excluding hydrogens is 400 g/mol. The summed E-state index contributed by atoms with van der Waals surface area (Å²) in [7, 11) is 0. The van der Waals surface area contributed by atoms with E-state index in [0.717, 1.165) is 68.8 Å². The van der Waals surface area contributed by atoms with Crippen LogP contribution >= 0.6 is 0 Å². The first-order valence-corrected chi connectivity index (χ1v) is 12.1. The van der Waals surface area contributed by atoms with Crippen LogP contribution in [0, 0.1) is 17.3 Å². The predicted molar refractivity (Wildman–Crippen MR) is 123 cm³/mol. The Balaban J connectivity index is 1.08. The van der Waals surface area contributed by atoms with Crippen molar-refractivity contribution >= 4 is 11.9 Å². The van der Waals surface area contributed by atoms with Crippen molar-refractivity contribution < 1.29 is 9.90 Å². The molecule has 0 spiro atoms. The number of carbonyl (C=O) groups excluding carboxylic acids is 1. The van der Waals surface area contributed by atoms with Crippen molar-refractivity contribution in [3.05, 3.63) is 42.6 Å². The lowest BCUT2D eigenvalue weighted by Gasteiger charge is -2.60. The van der Waals surface area contributed by atoms with E-state index in [1.165, 1.54) is 6.42 Å². The van der Waals surface area contributed by atoms with Gasteiger partial charge in [0, 0.05) is 37.3 Å². The van der Waals surface area contributed by atoms with Crippen LogP contribution in [-0.4, -0.2) is 45.7 Å². The van der Waals surface area contributed by atoms with Crippen LogP contribution in [0.2, 0.25) is 0 Å². The summed E-state index contributed by atoms with van der Waals surface area (Å²) in [6, 6.07) is 12.2. The van der Waals surface area contributed by atoms with Gasteiger partial charge in [0.1, 0.15) is 0 Å².